The molecule has 0 aromatic heterocycles. The first-order valence-corrected chi connectivity index (χ1v) is 10.2. The Kier molecular flexibility index (Phi) is 6.43. The van der Waals surface area contributed by atoms with Crippen molar-refractivity contribution in [1.29, 1.82) is 0 Å². The molecule has 1 fully saturated rings. The van der Waals surface area contributed by atoms with Crippen molar-refractivity contribution in [3.63, 3.8) is 0 Å². The average molecular weight is 417 g/mol. The number of carbonyl (C=O) groups is 2. The zero-order valence-corrected chi connectivity index (χ0v) is 17.6. The number of amides is 2. The molecule has 1 aliphatic heterocycles. The van der Waals surface area contributed by atoms with Crippen LogP contribution < -0.4 is 5.32 Å². The molecule has 1 saturated heterocycles. The third-order valence-corrected chi connectivity index (χ3v) is 5.78. The smallest absolute Gasteiger partial charge is 0.353 e. The van der Waals surface area contributed by atoms with Crippen LogP contribution in [0.25, 0.3) is 0 Å². The van der Waals surface area contributed by atoms with E-state index >= 15 is 0 Å². The first kappa shape index (κ1) is 22.6. The topological polar surface area (TPSA) is 49.4 Å². The Morgan fingerprint density at radius 2 is 1.75 bits per heavy atom. The van der Waals surface area contributed by atoms with Crippen LogP contribution in [0.15, 0.2) is 24.3 Å². The summed E-state index contributed by atoms with van der Waals surface area (Å²) in [5.74, 6) is 0.612. The molecular formula is C20H27F3N2O2S. The van der Waals surface area contributed by atoms with E-state index in [-0.39, 0.29) is 18.4 Å². The fourth-order valence-corrected chi connectivity index (χ4v) is 4.09. The number of hydrogen-bond donors (Lipinski definition) is 1. The van der Waals surface area contributed by atoms with Crippen LogP contribution in [-0.2, 0) is 21.2 Å². The van der Waals surface area contributed by atoms with Gasteiger partial charge < -0.3 is 10.2 Å². The molecule has 2 amide bonds. The SMILES string of the molecule is CC(C)(C)C(=O)N1CSCC1C(=O)NCC(C)(C)c1cccc(C(F)(F)F)c1. The first-order valence-electron chi connectivity index (χ1n) is 9.08. The van der Waals surface area contributed by atoms with Crippen molar-refractivity contribution in [3.8, 4) is 0 Å². The lowest BCUT2D eigenvalue weighted by Gasteiger charge is -2.31. The summed E-state index contributed by atoms with van der Waals surface area (Å²) in [7, 11) is 0. The van der Waals surface area contributed by atoms with E-state index in [9.17, 15) is 22.8 Å². The Morgan fingerprint density at radius 3 is 2.32 bits per heavy atom. The molecule has 0 aliphatic carbocycles. The van der Waals surface area contributed by atoms with Gasteiger partial charge in [-0.2, -0.15) is 13.2 Å². The van der Waals surface area contributed by atoms with Gasteiger partial charge in [0.05, 0.1) is 11.4 Å². The maximum absolute atomic E-state index is 13.0. The average Bonchev–Trinajstić information content (AvgIpc) is 3.07. The van der Waals surface area contributed by atoms with Gasteiger partial charge in [0.15, 0.2) is 0 Å². The fraction of sp³-hybridized carbons (Fsp3) is 0.600. The van der Waals surface area contributed by atoms with Crippen LogP contribution in [0.3, 0.4) is 0 Å². The monoisotopic (exact) mass is 416 g/mol. The van der Waals surface area contributed by atoms with E-state index in [1.54, 1.807) is 24.8 Å². The van der Waals surface area contributed by atoms with E-state index in [4.69, 9.17) is 0 Å². The zero-order valence-electron chi connectivity index (χ0n) is 16.8. The number of benzene rings is 1. The van der Waals surface area contributed by atoms with Crippen LogP contribution in [0.1, 0.15) is 45.7 Å². The van der Waals surface area contributed by atoms with Gasteiger partial charge in [-0.3, -0.25) is 9.59 Å². The molecule has 1 aromatic carbocycles. The van der Waals surface area contributed by atoms with E-state index in [1.165, 1.54) is 17.8 Å². The molecule has 1 atom stereocenters. The summed E-state index contributed by atoms with van der Waals surface area (Å²) in [6.45, 7) is 9.17. The number of thioether (sulfide) groups is 1. The summed E-state index contributed by atoms with van der Waals surface area (Å²) in [5, 5.41) is 2.83. The molecule has 8 heteroatoms. The molecule has 0 bridgehead atoms. The quantitative estimate of drug-likeness (QED) is 0.806. The molecule has 4 nitrogen and oxygen atoms in total. The van der Waals surface area contributed by atoms with Gasteiger partial charge in [-0.25, -0.2) is 0 Å². The highest BCUT2D eigenvalue weighted by Crippen LogP contribution is 2.33. The highest BCUT2D eigenvalue weighted by molar-refractivity contribution is 7.99. The fourth-order valence-electron chi connectivity index (χ4n) is 2.94. The van der Waals surface area contributed by atoms with Crippen molar-refractivity contribution in [2.45, 2.75) is 52.3 Å². The first-order chi connectivity index (χ1) is 12.7. The lowest BCUT2D eigenvalue weighted by molar-refractivity contribution is -0.144. The predicted molar refractivity (Wildman–Crippen MR) is 105 cm³/mol. The molecule has 0 radical (unpaired) electrons. The summed E-state index contributed by atoms with van der Waals surface area (Å²) in [6, 6.07) is 4.59. The second-order valence-corrected chi connectivity index (χ2v) is 9.72. The van der Waals surface area contributed by atoms with Crippen molar-refractivity contribution in [2.24, 2.45) is 5.41 Å². The minimum absolute atomic E-state index is 0.0882. The second kappa shape index (κ2) is 7.97. The molecule has 1 aromatic rings. The minimum atomic E-state index is -4.41. The molecule has 1 unspecified atom stereocenters. The van der Waals surface area contributed by atoms with Gasteiger partial charge >= 0.3 is 6.18 Å². The van der Waals surface area contributed by atoms with E-state index in [0.717, 1.165) is 12.1 Å². The highest BCUT2D eigenvalue weighted by Gasteiger charge is 2.39. The Labute approximate surface area is 168 Å². The summed E-state index contributed by atoms with van der Waals surface area (Å²) in [5.41, 5.74) is -1.49. The van der Waals surface area contributed by atoms with Crippen LogP contribution in [0.5, 0.6) is 0 Å². The van der Waals surface area contributed by atoms with E-state index < -0.39 is 28.6 Å². The number of carbonyl (C=O) groups excluding carboxylic acids is 2. The molecule has 28 heavy (non-hydrogen) atoms. The van der Waals surface area contributed by atoms with Gasteiger partial charge in [0.25, 0.3) is 0 Å². The molecule has 1 N–H and O–H groups in total. The van der Waals surface area contributed by atoms with Crippen molar-refractivity contribution in [1.82, 2.24) is 10.2 Å². The second-order valence-electron chi connectivity index (χ2n) is 8.72. The Hall–Kier alpha value is -1.70. The molecule has 0 spiro atoms. The normalized spacial score (nSPS) is 18.3. The van der Waals surface area contributed by atoms with Gasteiger partial charge in [0, 0.05) is 23.1 Å². The van der Waals surface area contributed by atoms with E-state index in [2.05, 4.69) is 5.32 Å². The molecule has 156 valence electrons. The number of alkyl halides is 3. The molecule has 1 aliphatic rings. The van der Waals surface area contributed by atoms with Gasteiger partial charge in [0.2, 0.25) is 11.8 Å². The lowest BCUT2D eigenvalue weighted by Crippen LogP contribution is -2.51. The van der Waals surface area contributed by atoms with Crippen molar-refractivity contribution >= 4 is 23.6 Å². The third kappa shape index (κ3) is 5.21. The molecule has 2 rings (SSSR count). The summed E-state index contributed by atoms with van der Waals surface area (Å²) < 4.78 is 38.9. The lowest BCUT2D eigenvalue weighted by atomic mass is 9.83. The van der Waals surface area contributed by atoms with E-state index in [1.807, 2.05) is 20.8 Å². The van der Waals surface area contributed by atoms with Gasteiger partial charge in [-0.1, -0.05) is 52.8 Å². The Balaban J connectivity index is 2.08. The zero-order chi connectivity index (χ0) is 21.3. The Bertz CT molecular complexity index is 742. The number of nitrogens with one attached hydrogen (secondary N) is 1. The van der Waals surface area contributed by atoms with Crippen LogP contribution in [0.4, 0.5) is 13.2 Å². The summed E-state index contributed by atoms with van der Waals surface area (Å²) in [6.07, 6.45) is -4.41. The van der Waals surface area contributed by atoms with Crippen LogP contribution in [0, 0.1) is 5.41 Å². The van der Waals surface area contributed by atoms with E-state index in [0.29, 0.717) is 17.2 Å². The number of hydrogen-bond acceptors (Lipinski definition) is 3. The Morgan fingerprint density at radius 1 is 1.14 bits per heavy atom. The number of halogens is 3. The maximum atomic E-state index is 13.0. The van der Waals surface area contributed by atoms with Gasteiger partial charge in [-0.15, -0.1) is 11.8 Å². The van der Waals surface area contributed by atoms with Crippen molar-refractivity contribution in [3.05, 3.63) is 35.4 Å². The maximum Gasteiger partial charge on any atom is 0.416 e. The molecular weight excluding hydrogens is 389 g/mol. The number of nitrogens with zero attached hydrogens (tertiary/aromatic N) is 1. The standard InChI is InChI=1S/C20H27F3N2O2S/c1-18(2,3)17(27)25-12-28-10-15(25)16(26)24-11-19(4,5)13-7-6-8-14(9-13)20(21,22)23/h6-9,15H,10-12H2,1-5H3,(H,24,26). The van der Waals surface area contributed by atoms with Crippen molar-refractivity contribution in [2.75, 3.05) is 18.2 Å². The highest BCUT2D eigenvalue weighted by atomic mass is 32.2. The van der Waals surface area contributed by atoms with Gasteiger partial charge in [-0.05, 0) is 11.6 Å². The van der Waals surface area contributed by atoms with Crippen LogP contribution in [-0.4, -0.2) is 40.9 Å². The summed E-state index contributed by atoms with van der Waals surface area (Å²) in [4.78, 5) is 26.8. The van der Waals surface area contributed by atoms with Crippen LogP contribution >= 0.6 is 11.8 Å². The van der Waals surface area contributed by atoms with Crippen molar-refractivity contribution < 1.29 is 22.8 Å². The van der Waals surface area contributed by atoms with Crippen LogP contribution in [0.2, 0.25) is 0 Å². The third-order valence-electron chi connectivity index (χ3n) is 4.76. The summed E-state index contributed by atoms with van der Waals surface area (Å²) >= 11 is 1.52. The van der Waals surface area contributed by atoms with Gasteiger partial charge in [0.1, 0.15) is 6.04 Å². The molecule has 0 saturated carbocycles. The number of rotatable bonds is 4. The molecule has 1 heterocycles. The minimum Gasteiger partial charge on any atom is -0.353 e. The predicted octanol–water partition coefficient (Wildman–Crippen LogP) is 4.05. The largest absolute Gasteiger partial charge is 0.416 e.